The van der Waals surface area contributed by atoms with Gasteiger partial charge in [0.1, 0.15) is 22.7 Å². The Morgan fingerprint density at radius 2 is 1.88 bits per heavy atom. The summed E-state index contributed by atoms with van der Waals surface area (Å²) in [5.74, 6) is -0.0330. The third kappa shape index (κ3) is 6.93. The van der Waals surface area contributed by atoms with Crippen molar-refractivity contribution in [2.24, 2.45) is 0 Å². The Hall–Kier alpha value is -3.14. The van der Waals surface area contributed by atoms with Crippen molar-refractivity contribution < 1.29 is 32.2 Å². The highest BCUT2D eigenvalue weighted by molar-refractivity contribution is 5.76. The molecule has 0 spiro atoms. The molecule has 1 saturated heterocycles. The van der Waals surface area contributed by atoms with Crippen molar-refractivity contribution in [3.63, 3.8) is 0 Å². The number of benzene rings is 2. The number of hydrogen-bond donors (Lipinski definition) is 2. The van der Waals surface area contributed by atoms with Crippen LogP contribution < -0.4 is 20.7 Å². The van der Waals surface area contributed by atoms with Gasteiger partial charge in [-0.2, -0.15) is 13.2 Å². The summed E-state index contributed by atoms with van der Waals surface area (Å²) in [7, 11) is 0. The second kappa shape index (κ2) is 10.4. The first kappa shape index (κ1) is 25.5. The summed E-state index contributed by atoms with van der Waals surface area (Å²) < 4.78 is 59.1. The number of ether oxygens (including phenoxy) is 3. The average molecular weight is 482 g/mol. The molecule has 0 unspecified atom stereocenters. The number of nitrogens with one attached hydrogen (secondary N) is 1. The summed E-state index contributed by atoms with van der Waals surface area (Å²) in [4.78, 5) is 13.4. The van der Waals surface area contributed by atoms with Gasteiger partial charge in [-0.1, -0.05) is 18.2 Å². The summed E-state index contributed by atoms with van der Waals surface area (Å²) in [5, 5.41) is 2.64. The second-order valence-electron chi connectivity index (χ2n) is 8.95. The Bertz CT molecular complexity index is 978. The lowest BCUT2D eigenvalue weighted by Gasteiger charge is -2.37. The fraction of sp³-hybridized carbons (Fsp3) is 0.458. The van der Waals surface area contributed by atoms with Crippen molar-refractivity contribution >= 4 is 17.5 Å². The molecule has 2 aromatic carbocycles. The van der Waals surface area contributed by atoms with Crippen LogP contribution in [0.4, 0.5) is 29.3 Å². The Morgan fingerprint density at radius 1 is 1.18 bits per heavy atom. The zero-order valence-corrected chi connectivity index (χ0v) is 19.4. The lowest BCUT2D eigenvalue weighted by molar-refractivity contribution is -0.138. The molecule has 10 heteroatoms. The number of alkyl halides is 3. The van der Waals surface area contributed by atoms with Gasteiger partial charge < -0.3 is 30.2 Å². The van der Waals surface area contributed by atoms with E-state index in [1.807, 2.05) is 0 Å². The van der Waals surface area contributed by atoms with Crippen LogP contribution in [0.25, 0.3) is 0 Å². The number of nitrogens with two attached hydrogens (primary N) is 1. The lowest BCUT2D eigenvalue weighted by atomic mass is 10.1. The molecule has 0 saturated carbocycles. The van der Waals surface area contributed by atoms with Crippen molar-refractivity contribution in [1.29, 1.82) is 0 Å². The number of carbonyl (C=O) groups is 1. The Kier molecular flexibility index (Phi) is 7.81. The third-order valence-electron chi connectivity index (χ3n) is 5.01. The first-order valence-electron chi connectivity index (χ1n) is 11.0. The number of alkyl carbamates (subject to hydrolysis) is 1. The third-order valence-corrected chi connectivity index (χ3v) is 5.01. The molecule has 1 aliphatic heterocycles. The molecular formula is C24H30F3N3O4. The number of carbonyl (C=O) groups excluding carboxylic acids is 1. The van der Waals surface area contributed by atoms with Gasteiger partial charge in [-0.05, 0) is 51.5 Å². The number of rotatable bonds is 6. The highest BCUT2D eigenvalue weighted by Crippen LogP contribution is 2.47. The second-order valence-corrected chi connectivity index (χ2v) is 8.95. The summed E-state index contributed by atoms with van der Waals surface area (Å²) in [6.45, 7) is 6.16. The molecule has 186 valence electrons. The van der Waals surface area contributed by atoms with E-state index in [2.05, 4.69) is 5.32 Å². The number of para-hydroxylation sites is 1. The van der Waals surface area contributed by atoms with Crippen molar-refractivity contribution in [1.82, 2.24) is 5.32 Å². The van der Waals surface area contributed by atoms with E-state index in [4.69, 9.17) is 19.9 Å². The number of hydrogen-bond acceptors (Lipinski definition) is 6. The standard InChI is InChI=1S/C24H30F3N3O4/c1-23(2,3)34-22(31)29-12-11-17-15-30(13-14-32-17)21-18(28)9-10-19(20(21)24(25,26)27)33-16-7-5-4-6-8-16/h4-10,17H,11-15,28H2,1-3H3,(H,29,31)/t17-/m1/s1. The van der Waals surface area contributed by atoms with E-state index in [0.29, 0.717) is 6.42 Å². The molecule has 1 fully saturated rings. The van der Waals surface area contributed by atoms with Crippen LogP contribution >= 0.6 is 0 Å². The van der Waals surface area contributed by atoms with Crippen LogP contribution in [-0.2, 0) is 15.7 Å². The number of amides is 1. The van der Waals surface area contributed by atoms with Gasteiger partial charge in [0.25, 0.3) is 0 Å². The van der Waals surface area contributed by atoms with Crippen LogP contribution in [0, 0.1) is 0 Å². The zero-order chi connectivity index (χ0) is 24.9. The van der Waals surface area contributed by atoms with Gasteiger partial charge in [-0.25, -0.2) is 4.79 Å². The van der Waals surface area contributed by atoms with Crippen molar-refractivity contribution in [2.75, 3.05) is 36.9 Å². The van der Waals surface area contributed by atoms with Gasteiger partial charge in [-0.15, -0.1) is 0 Å². The summed E-state index contributed by atoms with van der Waals surface area (Å²) >= 11 is 0. The molecule has 0 bridgehead atoms. The fourth-order valence-electron chi connectivity index (χ4n) is 3.65. The smallest absolute Gasteiger partial charge is 0.422 e. The molecule has 7 nitrogen and oxygen atoms in total. The first-order valence-corrected chi connectivity index (χ1v) is 11.0. The maximum Gasteiger partial charge on any atom is 0.422 e. The van der Waals surface area contributed by atoms with Gasteiger partial charge in [0, 0.05) is 19.6 Å². The number of nitrogen functional groups attached to an aromatic ring is 1. The summed E-state index contributed by atoms with van der Waals surface area (Å²) in [6.07, 6.45) is -5.25. The highest BCUT2D eigenvalue weighted by Gasteiger charge is 2.41. The highest BCUT2D eigenvalue weighted by atomic mass is 19.4. The molecule has 1 heterocycles. The summed E-state index contributed by atoms with van der Waals surface area (Å²) in [5.41, 5.74) is 4.36. The molecule has 2 aromatic rings. The normalized spacial score (nSPS) is 16.8. The van der Waals surface area contributed by atoms with Crippen LogP contribution in [0.3, 0.4) is 0 Å². The number of halogens is 3. The molecule has 34 heavy (non-hydrogen) atoms. The van der Waals surface area contributed by atoms with Gasteiger partial charge in [-0.3, -0.25) is 0 Å². The first-order chi connectivity index (χ1) is 15.9. The van der Waals surface area contributed by atoms with Crippen LogP contribution in [0.2, 0.25) is 0 Å². The van der Waals surface area contributed by atoms with Gasteiger partial charge in [0.05, 0.1) is 24.1 Å². The largest absolute Gasteiger partial charge is 0.457 e. The van der Waals surface area contributed by atoms with E-state index >= 15 is 0 Å². The topological polar surface area (TPSA) is 86.1 Å². The quantitative estimate of drug-likeness (QED) is 0.552. The minimum Gasteiger partial charge on any atom is -0.457 e. The van der Waals surface area contributed by atoms with E-state index < -0.39 is 29.5 Å². The van der Waals surface area contributed by atoms with E-state index in [9.17, 15) is 18.0 Å². The molecule has 0 radical (unpaired) electrons. The lowest BCUT2D eigenvalue weighted by Crippen LogP contribution is -2.45. The van der Waals surface area contributed by atoms with E-state index in [0.717, 1.165) is 0 Å². The van der Waals surface area contributed by atoms with Gasteiger partial charge >= 0.3 is 12.3 Å². The molecule has 1 atom stereocenters. The minimum atomic E-state index is -4.69. The van der Waals surface area contributed by atoms with Crippen LogP contribution in [0.1, 0.15) is 32.8 Å². The predicted molar refractivity (Wildman–Crippen MR) is 123 cm³/mol. The molecule has 3 rings (SSSR count). The maximum atomic E-state index is 14.2. The van der Waals surface area contributed by atoms with Gasteiger partial charge in [0.2, 0.25) is 0 Å². The van der Waals surface area contributed by atoms with Crippen LogP contribution in [0.5, 0.6) is 11.5 Å². The Balaban J connectivity index is 1.77. The molecule has 1 aliphatic rings. The predicted octanol–water partition coefficient (Wildman–Crippen LogP) is 5.20. The minimum absolute atomic E-state index is 0.000247. The average Bonchev–Trinajstić information content (AvgIpc) is 2.73. The molecule has 3 N–H and O–H groups in total. The van der Waals surface area contributed by atoms with E-state index in [-0.39, 0.29) is 49.1 Å². The summed E-state index contributed by atoms with van der Waals surface area (Å²) in [6, 6.07) is 10.9. The van der Waals surface area contributed by atoms with Gasteiger partial charge in [0.15, 0.2) is 0 Å². The van der Waals surface area contributed by atoms with Crippen LogP contribution in [0.15, 0.2) is 42.5 Å². The number of morpholine rings is 1. The SMILES string of the molecule is CC(C)(C)OC(=O)NCC[C@@H]1CN(c2c(N)ccc(Oc3ccccc3)c2C(F)(F)F)CCO1. The number of nitrogens with zero attached hydrogens (tertiary/aromatic N) is 1. The van der Waals surface area contributed by atoms with Crippen LogP contribution in [-0.4, -0.2) is 44.0 Å². The number of anilines is 2. The van der Waals surface area contributed by atoms with E-state index in [1.165, 1.54) is 12.1 Å². The maximum absolute atomic E-state index is 14.2. The van der Waals surface area contributed by atoms with Crippen molar-refractivity contribution in [2.45, 2.75) is 45.1 Å². The molecule has 0 aliphatic carbocycles. The monoisotopic (exact) mass is 481 g/mol. The molecular weight excluding hydrogens is 451 g/mol. The van der Waals surface area contributed by atoms with E-state index in [1.54, 1.807) is 56.0 Å². The Morgan fingerprint density at radius 3 is 2.53 bits per heavy atom. The zero-order valence-electron chi connectivity index (χ0n) is 19.4. The Labute approximate surface area is 197 Å². The molecule has 1 amide bonds. The van der Waals surface area contributed by atoms with Crippen molar-refractivity contribution in [3.05, 3.63) is 48.0 Å². The molecule has 0 aromatic heterocycles. The fourth-order valence-corrected chi connectivity index (χ4v) is 3.65. The van der Waals surface area contributed by atoms with Crippen molar-refractivity contribution in [3.8, 4) is 11.5 Å².